The van der Waals surface area contributed by atoms with Crippen molar-refractivity contribution < 1.29 is 22.7 Å². The third kappa shape index (κ3) is 4.71. The maximum absolute atomic E-state index is 13.1. The Balaban J connectivity index is 1.41. The van der Waals surface area contributed by atoms with Crippen molar-refractivity contribution in [1.82, 2.24) is 14.1 Å². The normalized spacial score (nSPS) is 16.9. The molecule has 0 unspecified atom stereocenters. The molecule has 2 aliphatic rings. The Morgan fingerprint density at radius 3 is 2.38 bits per heavy atom. The molecule has 0 spiro atoms. The van der Waals surface area contributed by atoms with Crippen LogP contribution in [0.4, 0.5) is 0 Å². The fraction of sp³-hybridized carbons (Fsp3) is 0.409. The van der Waals surface area contributed by atoms with E-state index in [4.69, 9.17) is 21.1 Å². The lowest BCUT2D eigenvalue weighted by Crippen LogP contribution is -2.48. The highest BCUT2D eigenvalue weighted by Gasteiger charge is 2.26. The fourth-order valence-corrected chi connectivity index (χ4v) is 4.89. The van der Waals surface area contributed by atoms with Gasteiger partial charge in [-0.05, 0) is 35.9 Å². The number of hydrogen-bond acceptors (Lipinski definition) is 6. The topological polar surface area (TPSA) is 79.4 Å². The highest BCUT2D eigenvalue weighted by Crippen LogP contribution is 2.31. The summed E-state index contributed by atoms with van der Waals surface area (Å²) in [7, 11) is -0.752. The Hall–Kier alpha value is -2.33. The van der Waals surface area contributed by atoms with Gasteiger partial charge in [0.1, 0.15) is 13.2 Å². The lowest BCUT2D eigenvalue weighted by Gasteiger charge is -2.35. The first-order valence-corrected chi connectivity index (χ1v) is 12.2. The molecular weight excluding hydrogens is 454 g/mol. The number of rotatable bonds is 5. The molecule has 0 aromatic heterocycles. The zero-order chi connectivity index (χ0) is 22.9. The molecule has 2 heterocycles. The molecule has 2 aromatic rings. The number of sulfonamides is 1. The van der Waals surface area contributed by atoms with Gasteiger partial charge in [0, 0.05) is 46.8 Å². The summed E-state index contributed by atoms with van der Waals surface area (Å²) < 4.78 is 37.2. The summed E-state index contributed by atoms with van der Waals surface area (Å²) in [6.07, 6.45) is 0. The lowest BCUT2D eigenvalue weighted by atomic mass is 10.1. The summed E-state index contributed by atoms with van der Waals surface area (Å²) in [6.45, 7) is 4.33. The van der Waals surface area contributed by atoms with Gasteiger partial charge >= 0.3 is 0 Å². The number of halogens is 1. The summed E-state index contributed by atoms with van der Waals surface area (Å²) in [5, 5.41) is 0.242. The van der Waals surface area contributed by atoms with Crippen LogP contribution in [0.5, 0.6) is 11.5 Å². The van der Waals surface area contributed by atoms with Crippen molar-refractivity contribution in [2.24, 2.45) is 0 Å². The molecule has 32 heavy (non-hydrogen) atoms. The predicted octanol–water partition coefficient (Wildman–Crippen LogP) is 2.32. The standard InChI is InChI=1S/C22H26ClN3O5S/c1-24(2)32(28,29)17-4-5-19(23)18(14-17)22(27)26-9-7-25(8-10-26)15-16-3-6-20-21(13-16)31-12-11-30-20/h3-6,13-14H,7-12,15H2,1-2H3. The van der Waals surface area contributed by atoms with Crippen LogP contribution in [-0.2, 0) is 16.6 Å². The van der Waals surface area contributed by atoms with Crippen molar-refractivity contribution in [3.63, 3.8) is 0 Å². The maximum Gasteiger partial charge on any atom is 0.255 e. The second kappa shape index (κ2) is 9.27. The van der Waals surface area contributed by atoms with Crippen molar-refractivity contribution in [1.29, 1.82) is 0 Å². The molecule has 1 amide bonds. The number of piperazine rings is 1. The number of benzene rings is 2. The third-order valence-corrected chi connectivity index (χ3v) is 7.76. The van der Waals surface area contributed by atoms with E-state index in [0.29, 0.717) is 39.4 Å². The highest BCUT2D eigenvalue weighted by molar-refractivity contribution is 7.89. The Morgan fingerprint density at radius 2 is 1.69 bits per heavy atom. The maximum atomic E-state index is 13.1. The van der Waals surface area contributed by atoms with Crippen molar-refractivity contribution in [2.45, 2.75) is 11.4 Å². The molecule has 10 heteroatoms. The number of carbonyl (C=O) groups is 1. The molecule has 1 fully saturated rings. The van der Waals surface area contributed by atoms with Crippen LogP contribution in [-0.4, -0.2) is 81.9 Å². The molecule has 0 aliphatic carbocycles. The van der Waals surface area contributed by atoms with Crippen molar-refractivity contribution in [2.75, 3.05) is 53.5 Å². The van der Waals surface area contributed by atoms with E-state index in [1.807, 2.05) is 18.2 Å². The van der Waals surface area contributed by atoms with Crippen LogP contribution in [0.2, 0.25) is 5.02 Å². The molecule has 0 saturated carbocycles. The van der Waals surface area contributed by atoms with Gasteiger partial charge in [-0.1, -0.05) is 17.7 Å². The van der Waals surface area contributed by atoms with E-state index < -0.39 is 10.0 Å². The van der Waals surface area contributed by atoms with Crippen LogP contribution in [0.1, 0.15) is 15.9 Å². The van der Waals surface area contributed by atoms with Gasteiger partial charge in [-0.15, -0.1) is 0 Å². The Kier molecular flexibility index (Phi) is 6.62. The van der Waals surface area contributed by atoms with Gasteiger partial charge in [0.25, 0.3) is 5.91 Å². The lowest BCUT2D eigenvalue weighted by molar-refractivity contribution is 0.0628. The van der Waals surface area contributed by atoms with E-state index >= 15 is 0 Å². The third-order valence-electron chi connectivity index (χ3n) is 5.62. The Labute approximate surface area is 193 Å². The predicted molar refractivity (Wildman–Crippen MR) is 121 cm³/mol. The van der Waals surface area contributed by atoms with Crippen LogP contribution in [0.15, 0.2) is 41.3 Å². The van der Waals surface area contributed by atoms with E-state index in [2.05, 4.69) is 4.90 Å². The Bertz CT molecular complexity index is 1110. The fourth-order valence-electron chi connectivity index (χ4n) is 3.76. The summed E-state index contributed by atoms with van der Waals surface area (Å²) in [5.74, 6) is 1.28. The van der Waals surface area contributed by atoms with Gasteiger partial charge in [0.2, 0.25) is 10.0 Å². The second-order valence-electron chi connectivity index (χ2n) is 7.98. The molecule has 0 N–H and O–H groups in total. The zero-order valence-electron chi connectivity index (χ0n) is 18.1. The molecule has 172 valence electrons. The van der Waals surface area contributed by atoms with Crippen molar-refractivity contribution in [3.8, 4) is 11.5 Å². The van der Waals surface area contributed by atoms with Gasteiger partial charge < -0.3 is 14.4 Å². The molecule has 2 aliphatic heterocycles. The SMILES string of the molecule is CN(C)S(=O)(=O)c1ccc(Cl)c(C(=O)N2CCN(Cc3ccc4c(c3)OCCO4)CC2)c1. The number of amides is 1. The minimum Gasteiger partial charge on any atom is -0.486 e. The first-order valence-electron chi connectivity index (χ1n) is 10.4. The van der Waals surface area contributed by atoms with Gasteiger partial charge in [-0.3, -0.25) is 9.69 Å². The molecule has 1 saturated heterocycles. The van der Waals surface area contributed by atoms with Gasteiger partial charge in [0.05, 0.1) is 15.5 Å². The van der Waals surface area contributed by atoms with Gasteiger partial charge in [-0.2, -0.15) is 0 Å². The summed E-state index contributed by atoms with van der Waals surface area (Å²) in [5.41, 5.74) is 1.33. The highest BCUT2D eigenvalue weighted by atomic mass is 35.5. The first kappa shape index (κ1) is 22.8. The van der Waals surface area contributed by atoms with Crippen LogP contribution in [0, 0.1) is 0 Å². The van der Waals surface area contributed by atoms with Crippen molar-refractivity contribution in [3.05, 3.63) is 52.5 Å². The monoisotopic (exact) mass is 479 g/mol. The largest absolute Gasteiger partial charge is 0.486 e. The number of ether oxygens (including phenoxy) is 2. The van der Waals surface area contributed by atoms with E-state index in [1.54, 1.807) is 4.90 Å². The minimum absolute atomic E-state index is 0.0486. The first-order chi connectivity index (χ1) is 15.3. The van der Waals surface area contributed by atoms with Gasteiger partial charge in [-0.25, -0.2) is 12.7 Å². The number of nitrogens with zero attached hydrogens (tertiary/aromatic N) is 3. The quantitative estimate of drug-likeness (QED) is 0.655. The molecule has 8 nitrogen and oxygen atoms in total. The van der Waals surface area contributed by atoms with Crippen LogP contribution in [0.25, 0.3) is 0 Å². The van der Waals surface area contributed by atoms with Crippen LogP contribution < -0.4 is 9.47 Å². The number of hydrogen-bond donors (Lipinski definition) is 0. The molecule has 2 aromatic carbocycles. The average Bonchev–Trinajstić information content (AvgIpc) is 2.79. The Morgan fingerprint density at radius 1 is 1.00 bits per heavy atom. The zero-order valence-corrected chi connectivity index (χ0v) is 19.7. The van der Waals surface area contributed by atoms with Crippen LogP contribution in [0.3, 0.4) is 0 Å². The summed E-state index contributed by atoms with van der Waals surface area (Å²) in [6, 6.07) is 10.2. The van der Waals surface area contributed by atoms with E-state index in [1.165, 1.54) is 32.3 Å². The van der Waals surface area contributed by atoms with E-state index in [0.717, 1.165) is 27.9 Å². The molecule has 4 rings (SSSR count). The second-order valence-corrected chi connectivity index (χ2v) is 10.5. The molecule has 0 bridgehead atoms. The van der Waals surface area contributed by atoms with E-state index in [-0.39, 0.29) is 21.4 Å². The van der Waals surface area contributed by atoms with Crippen LogP contribution >= 0.6 is 11.6 Å². The summed E-state index contributed by atoms with van der Waals surface area (Å²) in [4.78, 5) is 17.1. The van der Waals surface area contributed by atoms with E-state index in [9.17, 15) is 13.2 Å². The molecule has 0 atom stereocenters. The number of carbonyl (C=O) groups excluding carboxylic acids is 1. The molecule has 0 radical (unpaired) electrons. The van der Waals surface area contributed by atoms with Crippen molar-refractivity contribution >= 4 is 27.5 Å². The summed E-state index contributed by atoms with van der Waals surface area (Å²) >= 11 is 6.25. The minimum atomic E-state index is -3.65. The molecular formula is C22H26ClN3O5S. The van der Waals surface area contributed by atoms with Gasteiger partial charge in [0.15, 0.2) is 11.5 Å². The smallest absolute Gasteiger partial charge is 0.255 e. The number of fused-ring (bicyclic) bond motifs is 1. The average molecular weight is 480 g/mol.